The van der Waals surface area contributed by atoms with Gasteiger partial charge in [0.15, 0.2) is 0 Å². The number of nitrogens with zero attached hydrogens (tertiary/aromatic N) is 5. The Labute approximate surface area is 235 Å². The van der Waals surface area contributed by atoms with E-state index in [-0.39, 0.29) is 0 Å². The minimum Gasteiger partial charge on any atom is -0.457 e. The van der Waals surface area contributed by atoms with Crippen LogP contribution >= 0.6 is 0 Å². The van der Waals surface area contributed by atoms with E-state index in [1.807, 2.05) is 90.3 Å². The molecule has 0 saturated carbocycles. The van der Waals surface area contributed by atoms with Crippen molar-refractivity contribution in [3.63, 3.8) is 0 Å². The summed E-state index contributed by atoms with van der Waals surface area (Å²) in [5, 5.41) is 9.25. The van der Waals surface area contributed by atoms with Crippen LogP contribution in [0.5, 0.6) is 11.5 Å². The molecule has 41 heavy (non-hydrogen) atoms. The predicted molar refractivity (Wildman–Crippen MR) is 163 cm³/mol. The van der Waals surface area contributed by atoms with E-state index in [2.05, 4.69) is 74.2 Å². The summed E-state index contributed by atoms with van der Waals surface area (Å²) in [5.74, 6) is 2.35. The standard InChI is InChI=1S/C35H23N5O/c1-2-12-33-31(10-1)32-15-14-28(20-34(32)40(33)35-13-3-4-17-37-35)41-27-9-6-8-26(19-27)39-23-25(22-38-39)29-11-5-7-24-21-36-18-16-30(24)29/h1-23H. The van der Waals surface area contributed by atoms with Gasteiger partial charge in [0.05, 0.1) is 22.9 Å². The molecule has 4 heterocycles. The Morgan fingerprint density at radius 2 is 1.49 bits per heavy atom. The second-order valence-electron chi connectivity index (χ2n) is 9.89. The maximum Gasteiger partial charge on any atom is 0.137 e. The van der Waals surface area contributed by atoms with Crippen molar-refractivity contribution in [3.05, 3.63) is 140 Å². The van der Waals surface area contributed by atoms with E-state index in [9.17, 15) is 0 Å². The van der Waals surface area contributed by atoms with Gasteiger partial charge in [-0.3, -0.25) is 9.55 Å². The zero-order valence-corrected chi connectivity index (χ0v) is 21.9. The highest BCUT2D eigenvalue weighted by molar-refractivity contribution is 6.09. The van der Waals surface area contributed by atoms with Crippen molar-refractivity contribution in [2.75, 3.05) is 0 Å². The second kappa shape index (κ2) is 9.47. The van der Waals surface area contributed by atoms with E-state index in [1.54, 1.807) is 0 Å². The average molecular weight is 530 g/mol. The van der Waals surface area contributed by atoms with E-state index in [0.29, 0.717) is 0 Å². The highest BCUT2D eigenvalue weighted by atomic mass is 16.5. The van der Waals surface area contributed by atoms with Gasteiger partial charge in [-0.05, 0) is 59.5 Å². The SMILES string of the molecule is c1ccc(-n2c3ccccc3c3ccc(Oc4cccc(-n5cc(-c6cccc7cnccc67)cn5)c4)cc32)nc1. The van der Waals surface area contributed by atoms with Crippen molar-refractivity contribution in [1.82, 2.24) is 24.3 Å². The van der Waals surface area contributed by atoms with Crippen LogP contribution in [0.15, 0.2) is 140 Å². The molecule has 0 aliphatic heterocycles. The Morgan fingerprint density at radius 1 is 0.610 bits per heavy atom. The van der Waals surface area contributed by atoms with E-state index in [0.717, 1.165) is 61.3 Å². The number of benzene rings is 4. The van der Waals surface area contributed by atoms with Crippen LogP contribution in [0.25, 0.3) is 55.2 Å². The summed E-state index contributed by atoms with van der Waals surface area (Å²) < 4.78 is 10.5. The third-order valence-corrected chi connectivity index (χ3v) is 7.42. The Kier molecular flexibility index (Phi) is 5.35. The molecule has 0 fully saturated rings. The summed E-state index contributed by atoms with van der Waals surface area (Å²) >= 11 is 0. The first-order valence-electron chi connectivity index (χ1n) is 13.4. The monoisotopic (exact) mass is 529 g/mol. The van der Waals surface area contributed by atoms with Crippen molar-refractivity contribution in [1.29, 1.82) is 0 Å². The summed E-state index contributed by atoms with van der Waals surface area (Å²) in [6.07, 6.45) is 9.47. The third kappa shape index (κ3) is 4.01. The van der Waals surface area contributed by atoms with Crippen LogP contribution in [0.4, 0.5) is 0 Å². The fourth-order valence-electron chi connectivity index (χ4n) is 5.55. The topological polar surface area (TPSA) is 57.8 Å². The molecule has 0 radical (unpaired) electrons. The molecule has 0 spiro atoms. The average Bonchev–Trinajstić information content (AvgIpc) is 3.65. The normalized spacial score (nSPS) is 11.4. The lowest BCUT2D eigenvalue weighted by atomic mass is 10.0. The number of hydrogen-bond donors (Lipinski definition) is 0. The molecule has 6 heteroatoms. The zero-order chi connectivity index (χ0) is 27.2. The molecular weight excluding hydrogens is 506 g/mol. The first kappa shape index (κ1) is 23.2. The van der Waals surface area contributed by atoms with Gasteiger partial charge in [0.1, 0.15) is 17.3 Å². The summed E-state index contributed by atoms with van der Waals surface area (Å²) in [4.78, 5) is 8.88. The van der Waals surface area contributed by atoms with Gasteiger partial charge >= 0.3 is 0 Å². The first-order valence-corrected chi connectivity index (χ1v) is 13.4. The lowest BCUT2D eigenvalue weighted by Crippen LogP contribution is -1.96. The minimum atomic E-state index is 0.732. The van der Waals surface area contributed by atoms with Crippen molar-refractivity contribution in [2.24, 2.45) is 0 Å². The van der Waals surface area contributed by atoms with Crippen molar-refractivity contribution in [2.45, 2.75) is 0 Å². The number of pyridine rings is 2. The van der Waals surface area contributed by atoms with Gasteiger partial charge in [-0.1, -0.05) is 48.5 Å². The Bertz CT molecular complexity index is 2190. The maximum atomic E-state index is 6.40. The molecule has 0 bridgehead atoms. The van der Waals surface area contributed by atoms with E-state index >= 15 is 0 Å². The van der Waals surface area contributed by atoms with Gasteiger partial charge in [0, 0.05) is 58.6 Å². The van der Waals surface area contributed by atoms with Gasteiger partial charge in [0.25, 0.3) is 0 Å². The summed E-state index contributed by atoms with van der Waals surface area (Å²) in [6.45, 7) is 0. The molecule has 4 aromatic heterocycles. The number of ether oxygens (including phenoxy) is 1. The van der Waals surface area contributed by atoms with Gasteiger partial charge in [-0.25, -0.2) is 9.67 Å². The molecule has 0 atom stereocenters. The molecule has 0 unspecified atom stereocenters. The highest BCUT2D eigenvalue weighted by Gasteiger charge is 2.14. The fourth-order valence-corrected chi connectivity index (χ4v) is 5.55. The van der Waals surface area contributed by atoms with Crippen LogP contribution < -0.4 is 4.74 Å². The third-order valence-electron chi connectivity index (χ3n) is 7.42. The smallest absolute Gasteiger partial charge is 0.137 e. The molecule has 0 N–H and O–H groups in total. The van der Waals surface area contributed by atoms with Gasteiger partial charge in [0.2, 0.25) is 0 Å². The number of hydrogen-bond acceptors (Lipinski definition) is 4. The van der Waals surface area contributed by atoms with Crippen LogP contribution in [0.3, 0.4) is 0 Å². The van der Waals surface area contributed by atoms with Gasteiger partial charge in [-0.2, -0.15) is 5.10 Å². The highest BCUT2D eigenvalue weighted by Crippen LogP contribution is 2.35. The quantitative estimate of drug-likeness (QED) is 0.225. The van der Waals surface area contributed by atoms with Crippen LogP contribution in [0.2, 0.25) is 0 Å². The summed E-state index contributed by atoms with van der Waals surface area (Å²) in [6, 6.07) is 36.8. The van der Waals surface area contributed by atoms with E-state index in [1.165, 1.54) is 5.39 Å². The molecular formula is C35H23N5O. The van der Waals surface area contributed by atoms with Gasteiger partial charge < -0.3 is 4.74 Å². The Balaban J connectivity index is 1.15. The molecule has 8 aromatic rings. The molecule has 8 rings (SSSR count). The number of rotatable bonds is 5. The summed E-state index contributed by atoms with van der Waals surface area (Å²) in [5.41, 5.74) is 5.23. The Hall–Kier alpha value is -5.75. The molecule has 0 aliphatic carbocycles. The second-order valence-corrected chi connectivity index (χ2v) is 9.89. The molecule has 4 aromatic carbocycles. The zero-order valence-electron chi connectivity index (χ0n) is 21.9. The fraction of sp³-hybridized carbons (Fsp3) is 0. The number of para-hydroxylation sites is 1. The van der Waals surface area contributed by atoms with Crippen LogP contribution in [-0.2, 0) is 0 Å². The largest absolute Gasteiger partial charge is 0.457 e. The van der Waals surface area contributed by atoms with Crippen molar-refractivity contribution < 1.29 is 4.74 Å². The van der Waals surface area contributed by atoms with Crippen molar-refractivity contribution >= 4 is 32.6 Å². The first-order chi connectivity index (χ1) is 20.3. The molecule has 6 nitrogen and oxygen atoms in total. The molecule has 0 aliphatic rings. The maximum absolute atomic E-state index is 6.40. The number of fused-ring (bicyclic) bond motifs is 4. The summed E-state index contributed by atoms with van der Waals surface area (Å²) in [7, 11) is 0. The van der Waals surface area contributed by atoms with Crippen LogP contribution in [0.1, 0.15) is 0 Å². The lowest BCUT2D eigenvalue weighted by Gasteiger charge is -2.10. The molecule has 194 valence electrons. The van der Waals surface area contributed by atoms with Crippen LogP contribution in [0, 0.1) is 0 Å². The Morgan fingerprint density at radius 3 is 2.44 bits per heavy atom. The van der Waals surface area contributed by atoms with E-state index in [4.69, 9.17) is 4.74 Å². The number of aromatic nitrogens is 5. The molecule has 0 amide bonds. The lowest BCUT2D eigenvalue weighted by molar-refractivity contribution is 0.483. The molecule has 0 saturated heterocycles. The van der Waals surface area contributed by atoms with Gasteiger partial charge in [-0.15, -0.1) is 0 Å². The predicted octanol–water partition coefficient (Wildman–Crippen LogP) is 8.37. The van der Waals surface area contributed by atoms with Crippen molar-refractivity contribution in [3.8, 4) is 34.1 Å². The minimum absolute atomic E-state index is 0.732. The van der Waals surface area contributed by atoms with Crippen LogP contribution in [-0.4, -0.2) is 24.3 Å². The van der Waals surface area contributed by atoms with E-state index < -0.39 is 0 Å².